The van der Waals surface area contributed by atoms with Crippen molar-refractivity contribution in [2.45, 2.75) is 13.8 Å². The summed E-state index contributed by atoms with van der Waals surface area (Å²) in [6.07, 6.45) is 12.7. The van der Waals surface area contributed by atoms with Gasteiger partial charge < -0.3 is 0 Å². The van der Waals surface area contributed by atoms with E-state index in [0.717, 1.165) is 11.1 Å². The minimum absolute atomic E-state index is 0.0114. The van der Waals surface area contributed by atoms with Crippen molar-refractivity contribution >= 4 is 11.9 Å². The lowest BCUT2D eigenvalue weighted by atomic mass is 10.1. The minimum atomic E-state index is -0.0114. The molecular formula is C17H18O. The fourth-order valence-electron chi connectivity index (χ4n) is 1.42. The highest BCUT2D eigenvalue weighted by Gasteiger charge is 1.90. The van der Waals surface area contributed by atoms with Crippen LogP contribution in [0.15, 0.2) is 72.4 Å². The van der Waals surface area contributed by atoms with Gasteiger partial charge in [0.15, 0.2) is 5.78 Å². The summed E-state index contributed by atoms with van der Waals surface area (Å²) >= 11 is 0. The maximum absolute atomic E-state index is 11.6. The number of ketones is 1. The molecule has 92 valence electrons. The van der Waals surface area contributed by atoms with Gasteiger partial charge in [-0.05, 0) is 37.1 Å². The first-order valence-electron chi connectivity index (χ1n) is 6.00. The molecule has 0 heterocycles. The Hall–Kier alpha value is -2.15. The van der Waals surface area contributed by atoms with Crippen LogP contribution in [0.2, 0.25) is 0 Å². The van der Waals surface area contributed by atoms with E-state index in [1.54, 1.807) is 12.2 Å². The van der Waals surface area contributed by atoms with Gasteiger partial charge in [0.2, 0.25) is 0 Å². The van der Waals surface area contributed by atoms with Crippen molar-refractivity contribution in [3.05, 3.63) is 77.9 Å². The molecule has 0 unspecified atom stereocenters. The summed E-state index contributed by atoms with van der Waals surface area (Å²) in [5, 5.41) is 0. The van der Waals surface area contributed by atoms with E-state index in [1.807, 2.05) is 74.6 Å². The highest BCUT2D eigenvalue weighted by atomic mass is 16.1. The van der Waals surface area contributed by atoms with Crippen molar-refractivity contribution in [1.29, 1.82) is 0 Å². The van der Waals surface area contributed by atoms with Crippen LogP contribution in [0.5, 0.6) is 0 Å². The summed E-state index contributed by atoms with van der Waals surface area (Å²) in [5.74, 6) is -0.0114. The molecule has 0 atom stereocenters. The van der Waals surface area contributed by atoms with Gasteiger partial charge in [0, 0.05) is 0 Å². The summed E-state index contributed by atoms with van der Waals surface area (Å²) in [6.45, 7) is 3.90. The van der Waals surface area contributed by atoms with Gasteiger partial charge in [-0.3, -0.25) is 4.79 Å². The molecule has 0 saturated heterocycles. The zero-order valence-corrected chi connectivity index (χ0v) is 10.8. The number of benzene rings is 1. The SMILES string of the molecule is C\C=C/C(/C=C/C(=O)/C=C/c1ccccc1)=C\C. The van der Waals surface area contributed by atoms with E-state index in [4.69, 9.17) is 0 Å². The molecule has 1 rings (SSSR count). The van der Waals surface area contributed by atoms with E-state index in [9.17, 15) is 4.79 Å². The van der Waals surface area contributed by atoms with Gasteiger partial charge in [-0.15, -0.1) is 0 Å². The number of carbonyl (C=O) groups excluding carboxylic acids is 1. The van der Waals surface area contributed by atoms with Crippen molar-refractivity contribution < 1.29 is 4.79 Å². The number of rotatable bonds is 5. The van der Waals surface area contributed by atoms with E-state index in [2.05, 4.69) is 0 Å². The Balaban J connectivity index is 2.62. The molecule has 0 bridgehead atoms. The second kappa shape index (κ2) is 8.02. The highest BCUT2D eigenvalue weighted by Crippen LogP contribution is 2.02. The van der Waals surface area contributed by atoms with Gasteiger partial charge in [0.1, 0.15) is 0 Å². The first-order chi connectivity index (χ1) is 8.76. The Morgan fingerprint density at radius 3 is 2.28 bits per heavy atom. The van der Waals surface area contributed by atoms with E-state index >= 15 is 0 Å². The molecule has 18 heavy (non-hydrogen) atoms. The van der Waals surface area contributed by atoms with Gasteiger partial charge in [-0.1, -0.05) is 60.7 Å². The molecule has 1 aromatic carbocycles. The quantitative estimate of drug-likeness (QED) is 0.550. The van der Waals surface area contributed by atoms with Crippen molar-refractivity contribution in [2.24, 2.45) is 0 Å². The van der Waals surface area contributed by atoms with Crippen LogP contribution in [0.1, 0.15) is 19.4 Å². The maximum Gasteiger partial charge on any atom is 0.178 e. The summed E-state index contributed by atoms with van der Waals surface area (Å²) < 4.78 is 0. The topological polar surface area (TPSA) is 17.1 Å². The van der Waals surface area contributed by atoms with Gasteiger partial charge in [0.25, 0.3) is 0 Å². The van der Waals surface area contributed by atoms with E-state index in [0.29, 0.717) is 0 Å². The van der Waals surface area contributed by atoms with Crippen LogP contribution in [0.3, 0.4) is 0 Å². The molecule has 0 spiro atoms. The van der Waals surface area contributed by atoms with Gasteiger partial charge in [-0.2, -0.15) is 0 Å². The Labute approximate surface area is 109 Å². The second-order valence-electron chi connectivity index (χ2n) is 3.77. The highest BCUT2D eigenvalue weighted by molar-refractivity contribution is 6.02. The third-order valence-corrected chi connectivity index (χ3v) is 2.37. The van der Waals surface area contributed by atoms with E-state index < -0.39 is 0 Å². The van der Waals surface area contributed by atoms with Crippen LogP contribution in [0.25, 0.3) is 6.08 Å². The van der Waals surface area contributed by atoms with Crippen LogP contribution in [-0.4, -0.2) is 5.78 Å². The zero-order chi connectivity index (χ0) is 13.2. The lowest BCUT2D eigenvalue weighted by Gasteiger charge is -1.91. The molecule has 0 aliphatic carbocycles. The summed E-state index contributed by atoms with van der Waals surface area (Å²) in [4.78, 5) is 11.6. The lowest BCUT2D eigenvalue weighted by Crippen LogP contribution is -1.85. The Morgan fingerprint density at radius 1 is 0.944 bits per heavy atom. The van der Waals surface area contributed by atoms with Crippen LogP contribution in [-0.2, 0) is 4.79 Å². The average Bonchev–Trinajstić information content (AvgIpc) is 2.42. The number of carbonyl (C=O) groups is 1. The third kappa shape index (κ3) is 5.26. The molecule has 0 fully saturated rings. The molecule has 1 heteroatoms. The fourth-order valence-corrected chi connectivity index (χ4v) is 1.42. The molecule has 0 aromatic heterocycles. The monoisotopic (exact) mass is 238 g/mol. The van der Waals surface area contributed by atoms with Crippen molar-refractivity contribution in [3.8, 4) is 0 Å². The van der Waals surface area contributed by atoms with Crippen molar-refractivity contribution in [3.63, 3.8) is 0 Å². The predicted molar refractivity (Wildman–Crippen MR) is 78.2 cm³/mol. The normalized spacial score (nSPS) is 12.9. The maximum atomic E-state index is 11.6. The van der Waals surface area contributed by atoms with Crippen LogP contribution in [0, 0.1) is 0 Å². The van der Waals surface area contributed by atoms with Gasteiger partial charge >= 0.3 is 0 Å². The molecule has 0 aliphatic heterocycles. The van der Waals surface area contributed by atoms with Gasteiger partial charge in [-0.25, -0.2) is 0 Å². The first kappa shape index (κ1) is 13.9. The number of allylic oxidation sites excluding steroid dienone is 7. The first-order valence-corrected chi connectivity index (χ1v) is 6.00. The molecule has 0 radical (unpaired) electrons. The molecular weight excluding hydrogens is 220 g/mol. The van der Waals surface area contributed by atoms with Crippen molar-refractivity contribution in [1.82, 2.24) is 0 Å². The average molecular weight is 238 g/mol. The smallest absolute Gasteiger partial charge is 0.178 e. The zero-order valence-electron chi connectivity index (χ0n) is 10.8. The predicted octanol–water partition coefficient (Wildman–Crippen LogP) is 4.35. The largest absolute Gasteiger partial charge is 0.290 e. The molecule has 0 amide bonds. The molecule has 0 aliphatic rings. The third-order valence-electron chi connectivity index (χ3n) is 2.37. The Morgan fingerprint density at radius 2 is 1.67 bits per heavy atom. The standard InChI is InChI=1S/C17H18O/c1-3-8-15(4-2)11-13-17(18)14-12-16-9-6-5-7-10-16/h3-14H,1-2H3/b8-3-,13-11+,14-12+,15-4+. The van der Waals surface area contributed by atoms with Crippen LogP contribution >= 0.6 is 0 Å². The number of hydrogen-bond acceptors (Lipinski definition) is 1. The number of hydrogen-bond donors (Lipinski definition) is 0. The van der Waals surface area contributed by atoms with Crippen LogP contribution in [0.4, 0.5) is 0 Å². The minimum Gasteiger partial charge on any atom is -0.290 e. The van der Waals surface area contributed by atoms with Crippen molar-refractivity contribution in [2.75, 3.05) is 0 Å². The molecule has 0 saturated carbocycles. The van der Waals surface area contributed by atoms with Crippen LogP contribution < -0.4 is 0 Å². The Bertz CT molecular complexity index is 488. The fraction of sp³-hybridized carbons (Fsp3) is 0.118. The molecule has 1 aromatic rings. The summed E-state index contributed by atoms with van der Waals surface area (Å²) in [5.41, 5.74) is 2.05. The van der Waals surface area contributed by atoms with Gasteiger partial charge in [0.05, 0.1) is 0 Å². The lowest BCUT2D eigenvalue weighted by molar-refractivity contribution is -0.110. The summed E-state index contributed by atoms with van der Waals surface area (Å²) in [7, 11) is 0. The molecule has 1 nitrogen and oxygen atoms in total. The van der Waals surface area contributed by atoms with E-state index in [-0.39, 0.29) is 5.78 Å². The Kier molecular flexibility index (Phi) is 6.20. The summed E-state index contributed by atoms with van der Waals surface area (Å²) in [6, 6.07) is 9.78. The molecule has 0 N–H and O–H groups in total. The van der Waals surface area contributed by atoms with E-state index in [1.165, 1.54) is 0 Å². The second-order valence-corrected chi connectivity index (χ2v) is 3.77.